The highest BCUT2D eigenvalue weighted by Crippen LogP contribution is 2.38. The lowest BCUT2D eigenvalue weighted by Crippen LogP contribution is -2.09. The molecule has 0 bridgehead atoms. The number of aryl methyl sites for hydroxylation is 1. The van der Waals surface area contributed by atoms with Crippen molar-refractivity contribution in [1.82, 2.24) is 9.78 Å². The molecule has 1 aromatic carbocycles. The predicted octanol–water partition coefficient (Wildman–Crippen LogP) is 2.28. The SMILES string of the molecule is COc1cccc(C(O)c2c(Br)cnn2C)c1OC. The Kier molecular flexibility index (Phi) is 4.11. The van der Waals surface area contributed by atoms with Crippen LogP contribution in [0.25, 0.3) is 0 Å². The van der Waals surface area contributed by atoms with Crippen LogP contribution in [0.15, 0.2) is 28.9 Å². The smallest absolute Gasteiger partial charge is 0.166 e. The van der Waals surface area contributed by atoms with Crippen LogP contribution in [0, 0.1) is 0 Å². The standard InChI is InChI=1S/C13H15BrN2O3/c1-16-11(9(14)7-15-16)12(17)8-5-4-6-10(18-2)13(8)19-3/h4-7,12,17H,1-3H3. The van der Waals surface area contributed by atoms with Gasteiger partial charge in [-0.1, -0.05) is 12.1 Å². The van der Waals surface area contributed by atoms with Crippen molar-refractivity contribution in [3.05, 3.63) is 40.1 Å². The fourth-order valence-corrected chi connectivity index (χ4v) is 2.57. The number of nitrogens with zero attached hydrogens (tertiary/aromatic N) is 2. The first kappa shape index (κ1) is 13.9. The number of hydrogen-bond acceptors (Lipinski definition) is 4. The summed E-state index contributed by atoms with van der Waals surface area (Å²) in [6.07, 6.45) is 0.789. The number of aliphatic hydroxyl groups excluding tert-OH is 1. The second-order valence-electron chi connectivity index (χ2n) is 3.99. The monoisotopic (exact) mass is 326 g/mol. The number of benzene rings is 1. The van der Waals surface area contributed by atoms with Crippen molar-refractivity contribution in [1.29, 1.82) is 0 Å². The Morgan fingerprint density at radius 1 is 1.32 bits per heavy atom. The largest absolute Gasteiger partial charge is 0.493 e. The molecule has 2 rings (SSSR count). The second kappa shape index (κ2) is 5.63. The number of aromatic nitrogens is 2. The third-order valence-electron chi connectivity index (χ3n) is 2.92. The highest BCUT2D eigenvalue weighted by atomic mass is 79.9. The molecule has 0 aliphatic carbocycles. The summed E-state index contributed by atoms with van der Waals surface area (Å²) in [5.41, 5.74) is 1.29. The zero-order chi connectivity index (χ0) is 14.0. The van der Waals surface area contributed by atoms with Gasteiger partial charge in [0.05, 0.1) is 30.6 Å². The first-order valence-electron chi connectivity index (χ1n) is 5.66. The zero-order valence-electron chi connectivity index (χ0n) is 10.9. The van der Waals surface area contributed by atoms with Crippen molar-refractivity contribution in [3.63, 3.8) is 0 Å². The van der Waals surface area contributed by atoms with E-state index in [0.717, 1.165) is 4.47 Å². The molecule has 1 heterocycles. The number of halogens is 1. The summed E-state index contributed by atoms with van der Waals surface area (Å²) in [5, 5.41) is 14.6. The van der Waals surface area contributed by atoms with Crippen molar-refractivity contribution >= 4 is 15.9 Å². The third-order valence-corrected chi connectivity index (χ3v) is 3.54. The molecule has 0 aliphatic heterocycles. The lowest BCUT2D eigenvalue weighted by molar-refractivity contribution is 0.202. The van der Waals surface area contributed by atoms with Crippen LogP contribution in [0.5, 0.6) is 11.5 Å². The molecule has 0 fully saturated rings. The van der Waals surface area contributed by atoms with Crippen LogP contribution >= 0.6 is 15.9 Å². The number of para-hydroxylation sites is 1. The second-order valence-corrected chi connectivity index (χ2v) is 4.84. The molecule has 0 saturated heterocycles. The lowest BCUT2D eigenvalue weighted by atomic mass is 10.0. The van der Waals surface area contributed by atoms with Crippen LogP contribution < -0.4 is 9.47 Å². The quantitative estimate of drug-likeness (QED) is 0.936. The molecule has 0 radical (unpaired) electrons. The Bertz CT molecular complexity index is 564. The molecule has 2 aromatic rings. The number of rotatable bonds is 4. The van der Waals surface area contributed by atoms with E-state index < -0.39 is 6.10 Å². The summed E-state index contributed by atoms with van der Waals surface area (Å²) in [6, 6.07) is 5.39. The minimum Gasteiger partial charge on any atom is -0.493 e. The normalized spacial score (nSPS) is 12.3. The Morgan fingerprint density at radius 3 is 2.58 bits per heavy atom. The highest BCUT2D eigenvalue weighted by molar-refractivity contribution is 9.10. The molecular weight excluding hydrogens is 312 g/mol. The van der Waals surface area contributed by atoms with Gasteiger partial charge in [0.2, 0.25) is 0 Å². The number of aliphatic hydroxyl groups is 1. The maximum absolute atomic E-state index is 10.5. The summed E-state index contributed by atoms with van der Waals surface area (Å²) in [5.74, 6) is 1.10. The Hall–Kier alpha value is -1.53. The number of hydrogen-bond donors (Lipinski definition) is 1. The maximum atomic E-state index is 10.5. The molecule has 0 saturated carbocycles. The van der Waals surface area contributed by atoms with Crippen LogP contribution in [-0.4, -0.2) is 29.1 Å². The van der Waals surface area contributed by atoms with Gasteiger partial charge < -0.3 is 14.6 Å². The first-order chi connectivity index (χ1) is 9.10. The van der Waals surface area contributed by atoms with E-state index in [1.807, 2.05) is 6.07 Å². The molecule has 1 aromatic heterocycles. The van der Waals surface area contributed by atoms with Crippen LogP contribution in [0.3, 0.4) is 0 Å². The average Bonchev–Trinajstić information content (AvgIpc) is 2.76. The van der Waals surface area contributed by atoms with Crippen LogP contribution in [0.4, 0.5) is 0 Å². The molecule has 0 aliphatic rings. The van der Waals surface area contributed by atoms with Gasteiger partial charge in [-0.15, -0.1) is 0 Å². The molecule has 6 heteroatoms. The maximum Gasteiger partial charge on any atom is 0.166 e. The fourth-order valence-electron chi connectivity index (χ4n) is 2.00. The van der Waals surface area contributed by atoms with Crippen molar-refractivity contribution in [2.24, 2.45) is 7.05 Å². The van der Waals surface area contributed by atoms with Gasteiger partial charge in [-0.3, -0.25) is 4.68 Å². The van der Waals surface area contributed by atoms with E-state index in [2.05, 4.69) is 21.0 Å². The van der Waals surface area contributed by atoms with Gasteiger partial charge >= 0.3 is 0 Å². The highest BCUT2D eigenvalue weighted by Gasteiger charge is 2.23. The summed E-state index contributed by atoms with van der Waals surface area (Å²) in [7, 11) is 4.89. The van der Waals surface area contributed by atoms with Gasteiger partial charge in [0.1, 0.15) is 6.10 Å². The van der Waals surface area contributed by atoms with Crippen LogP contribution in [0.2, 0.25) is 0 Å². The molecule has 0 amide bonds. The lowest BCUT2D eigenvalue weighted by Gasteiger charge is -2.17. The Labute approximate surface area is 119 Å². The molecular formula is C13H15BrN2O3. The Morgan fingerprint density at radius 2 is 2.05 bits per heavy atom. The van der Waals surface area contributed by atoms with Gasteiger partial charge in [0, 0.05) is 12.6 Å². The minimum atomic E-state index is -0.855. The van der Waals surface area contributed by atoms with Gasteiger partial charge in [-0.25, -0.2) is 0 Å². The summed E-state index contributed by atoms with van der Waals surface area (Å²) in [6.45, 7) is 0. The minimum absolute atomic E-state index is 0.519. The zero-order valence-corrected chi connectivity index (χ0v) is 12.5. The van der Waals surface area contributed by atoms with Gasteiger partial charge in [0.25, 0.3) is 0 Å². The van der Waals surface area contributed by atoms with E-state index in [1.165, 1.54) is 0 Å². The summed E-state index contributed by atoms with van der Waals surface area (Å²) >= 11 is 3.38. The first-order valence-corrected chi connectivity index (χ1v) is 6.45. The van der Waals surface area contributed by atoms with E-state index >= 15 is 0 Å². The van der Waals surface area contributed by atoms with E-state index in [-0.39, 0.29) is 0 Å². The van der Waals surface area contributed by atoms with Gasteiger partial charge in [0.15, 0.2) is 11.5 Å². The van der Waals surface area contributed by atoms with E-state index in [4.69, 9.17) is 9.47 Å². The van der Waals surface area contributed by atoms with Crippen LogP contribution in [-0.2, 0) is 7.05 Å². The molecule has 1 N–H and O–H groups in total. The molecule has 1 atom stereocenters. The summed E-state index contributed by atoms with van der Waals surface area (Å²) < 4.78 is 12.9. The molecule has 19 heavy (non-hydrogen) atoms. The molecule has 5 nitrogen and oxygen atoms in total. The number of ether oxygens (including phenoxy) is 2. The average molecular weight is 327 g/mol. The van der Waals surface area contributed by atoms with Gasteiger partial charge in [-0.2, -0.15) is 5.10 Å². The summed E-state index contributed by atoms with van der Waals surface area (Å²) in [4.78, 5) is 0. The molecule has 1 unspecified atom stereocenters. The van der Waals surface area contributed by atoms with E-state index in [1.54, 1.807) is 44.3 Å². The topological polar surface area (TPSA) is 56.5 Å². The van der Waals surface area contributed by atoms with Gasteiger partial charge in [-0.05, 0) is 22.0 Å². The van der Waals surface area contributed by atoms with Crippen molar-refractivity contribution in [2.45, 2.75) is 6.10 Å². The third kappa shape index (κ3) is 2.46. The predicted molar refractivity (Wildman–Crippen MR) is 74.5 cm³/mol. The molecule has 102 valence electrons. The van der Waals surface area contributed by atoms with Crippen molar-refractivity contribution < 1.29 is 14.6 Å². The van der Waals surface area contributed by atoms with E-state index in [0.29, 0.717) is 22.8 Å². The Balaban J connectivity index is 2.53. The molecule has 0 spiro atoms. The number of methoxy groups -OCH3 is 2. The van der Waals surface area contributed by atoms with Crippen LogP contribution in [0.1, 0.15) is 17.4 Å². The van der Waals surface area contributed by atoms with Crippen molar-refractivity contribution in [2.75, 3.05) is 14.2 Å². The fraction of sp³-hybridized carbons (Fsp3) is 0.308. The van der Waals surface area contributed by atoms with Crippen molar-refractivity contribution in [3.8, 4) is 11.5 Å². The van der Waals surface area contributed by atoms with E-state index in [9.17, 15) is 5.11 Å².